The maximum absolute atomic E-state index is 5.05. The van der Waals surface area contributed by atoms with Gasteiger partial charge in [-0.1, -0.05) is 0 Å². The van der Waals surface area contributed by atoms with Crippen molar-refractivity contribution in [3.05, 3.63) is 6.33 Å². The van der Waals surface area contributed by atoms with Crippen LogP contribution in [0.2, 0.25) is 0 Å². The molecule has 0 atom stereocenters. The molecule has 0 unspecified atom stereocenters. The first kappa shape index (κ1) is 22.8. The first-order valence-electron chi connectivity index (χ1n) is 13.4. The van der Waals surface area contributed by atoms with Crippen LogP contribution in [-0.4, -0.2) is 87.2 Å². The van der Waals surface area contributed by atoms with Crippen LogP contribution in [0.4, 0.5) is 11.8 Å². The van der Waals surface area contributed by atoms with Crippen molar-refractivity contribution in [2.75, 3.05) is 56.0 Å². The number of hydrogen-bond donors (Lipinski definition) is 1. The van der Waals surface area contributed by atoms with E-state index in [0.29, 0.717) is 12.1 Å². The molecule has 0 spiro atoms. The number of nitrogens with zero attached hydrogens (tertiary/aromatic N) is 7. The second-order valence-electron chi connectivity index (χ2n) is 10.5. The lowest BCUT2D eigenvalue weighted by molar-refractivity contribution is 0.177. The Bertz CT molecular complexity index is 889. The highest BCUT2D eigenvalue weighted by molar-refractivity contribution is 5.84. The first-order chi connectivity index (χ1) is 16.2. The maximum atomic E-state index is 5.05. The van der Waals surface area contributed by atoms with Crippen molar-refractivity contribution < 1.29 is 0 Å². The monoisotopic (exact) mass is 454 g/mol. The lowest BCUT2D eigenvalue weighted by Gasteiger charge is -2.35. The van der Waals surface area contributed by atoms with E-state index < -0.39 is 0 Å². The van der Waals surface area contributed by atoms with Gasteiger partial charge in [0.15, 0.2) is 17.0 Å². The van der Waals surface area contributed by atoms with Gasteiger partial charge in [-0.15, -0.1) is 0 Å². The molecular formula is C25H42N8. The Morgan fingerprint density at radius 1 is 0.909 bits per heavy atom. The molecule has 0 saturated carbocycles. The molecule has 3 aliphatic heterocycles. The van der Waals surface area contributed by atoms with Gasteiger partial charge in [0.2, 0.25) is 5.95 Å². The van der Waals surface area contributed by atoms with Gasteiger partial charge in [-0.25, -0.2) is 4.98 Å². The summed E-state index contributed by atoms with van der Waals surface area (Å²) in [6.07, 6.45) is 11.9. The smallest absolute Gasteiger partial charge is 0.229 e. The number of fused-ring (bicyclic) bond motifs is 1. The SMILES string of the molecule is CC(C)N1CCC(Nc2nc(N3CCCCC3)nc3c2ncn3CCCN2CCCC2)CC1. The predicted octanol–water partition coefficient (Wildman–Crippen LogP) is 3.59. The fraction of sp³-hybridized carbons (Fsp3) is 0.800. The van der Waals surface area contributed by atoms with E-state index in [1.165, 1.54) is 51.7 Å². The van der Waals surface area contributed by atoms with E-state index >= 15 is 0 Å². The average Bonchev–Trinajstić information content (AvgIpc) is 3.50. The highest BCUT2D eigenvalue weighted by Gasteiger charge is 2.24. The van der Waals surface area contributed by atoms with Crippen LogP contribution in [0.15, 0.2) is 6.33 Å². The molecule has 1 N–H and O–H groups in total. The van der Waals surface area contributed by atoms with Crippen LogP contribution in [0.5, 0.6) is 0 Å². The molecule has 0 amide bonds. The van der Waals surface area contributed by atoms with Crippen molar-refractivity contribution in [1.29, 1.82) is 0 Å². The molecule has 182 valence electrons. The lowest BCUT2D eigenvalue weighted by atomic mass is 10.0. The third kappa shape index (κ3) is 5.43. The zero-order chi connectivity index (χ0) is 22.6. The Morgan fingerprint density at radius 2 is 1.64 bits per heavy atom. The molecular weight excluding hydrogens is 412 g/mol. The summed E-state index contributed by atoms with van der Waals surface area (Å²) in [7, 11) is 0. The normalized spacial score (nSPS) is 21.5. The van der Waals surface area contributed by atoms with E-state index in [-0.39, 0.29) is 0 Å². The number of imidazole rings is 1. The molecule has 5 heterocycles. The first-order valence-corrected chi connectivity index (χ1v) is 13.4. The summed E-state index contributed by atoms with van der Waals surface area (Å²) in [6.45, 7) is 13.7. The van der Waals surface area contributed by atoms with Gasteiger partial charge in [0.1, 0.15) is 0 Å². The second kappa shape index (κ2) is 10.6. The summed E-state index contributed by atoms with van der Waals surface area (Å²) >= 11 is 0. The summed E-state index contributed by atoms with van der Waals surface area (Å²) in [5, 5.41) is 3.79. The van der Waals surface area contributed by atoms with Gasteiger partial charge in [-0.3, -0.25) is 0 Å². The fourth-order valence-corrected chi connectivity index (χ4v) is 5.66. The summed E-state index contributed by atoms with van der Waals surface area (Å²) in [4.78, 5) is 22.4. The Balaban J connectivity index is 1.35. The molecule has 8 heteroatoms. The van der Waals surface area contributed by atoms with Gasteiger partial charge in [-0.2, -0.15) is 9.97 Å². The number of aromatic nitrogens is 4. The van der Waals surface area contributed by atoms with Crippen molar-refractivity contribution in [1.82, 2.24) is 29.3 Å². The van der Waals surface area contributed by atoms with Crippen LogP contribution < -0.4 is 10.2 Å². The largest absolute Gasteiger partial charge is 0.365 e. The number of rotatable bonds is 8. The molecule has 0 radical (unpaired) electrons. The van der Waals surface area contributed by atoms with Crippen LogP contribution in [0, 0.1) is 0 Å². The molecule has 0 aliphatic carbocycles. The molecule has 0 aromatic carbocycles. The summed E-state index contributed by atoms with van der Waals surface area (Å²) < 4.78 is 2.26. The number of anilines is 2. The minimum absolute atomic E-state index is 0.452. The Labute approximate surface area is 198 Å². The molecule has 3 saturated heterocycles. The minimum Gasteiger partial charge on any atom is -0.365 e. The summed E-state index contributed by atoms with van der Waals surface area (Å²) in [5.41, 5.74) is 1.93. The van der Waals surface area contributed by atoms with Crippen LogP contribution >= 0.6 is 0 Å². The van der Waals surface area contributed by atoms with E-state index in [1.54, 1.807) is 0 Å². The second-order valence-corrected chi connectivity index (χ2v) is 10.5. The third-order valence-electron chi connectivity index (χ3n) is 7.76. The highest BCUT2D eigenvalue weighted by atomic mass is 15.3. The van der Waals surface area contributed by atoms with E-state index in [2.05, 4.69) is 38.4 Å². The van der Waals surface area contributed by atoms with Gasteiger partial charge in [0.25, 0.3) is 0 Å². The van der Waals surface area contributed by atoms with E-state index in [4.69, 9.17) is 15.0 Å². The van der Waals surface area contributed by atoms with Crippen molar-refractivity contribution in [3.8, 4) is 0 Å². The quantitative estimate of drug-likeness (QED) is 0.654. The highest BCUT2D eigenvalue weighted by Crippen LogP contribution is 2.27. The minimum atomic E-state index is 0.452. The number of aryl methyl sites for hydroxylation is 1. The molecule has 5 rings (SSSR count). The van der Waals surface area contributed by atoms with Gasteiger partial charge in [-0.05, 0) is 84.8 Å². The summed E-state index contributed by atoms with van der Waals surface area (Å²) in [6, 6.07) is 1.08. The molecule has 8 nitrogen and oxygen atoms in total. The van der Waals surface area contributed by atoms with Crippen LogP contribution in [0.3, 0.4) is 0 Å². The Morgan fingerprint density at radius 3 is 2.36 bits per heavy atom. The predicted molar refractivity (Wildman–Crippen MR) is 135 cm³/mol. The zero-order valence-corrected chi connectivity index (χ0v) is 20.7. The van der Waals surface area contributed by atoms with Crippen molar-refractivity contribution >= 4 is 22.9 Å². The van der Waals surface area contributed by atoms with E-state index in [9.17, 15) is 0 Å². The average molecular weight is 455 g/mol. The lowest BCUT2D eigenvalue weighted by Crippen LogP contribution is -2.42. The van der Waals surface area contributed by atoms with Crippen LogP contribution in [0.25, 0.3) is 11.2 Å². The van der Waals surface area contributed by atoms with Gasteiger partial charge < -0.3 is 24.6 Å². The van der Waals surface area contributed by atoms with Gasteiger partial charge in [0.05, 0.1) is 6.33 Å². The van der Waals surface area contributed by atoms with E-state index in [1.807, 2.05) is 6.33 Å². The molecule has 33 heavy (non-hydrogen) atoms. The fourth-order valence-electron chi connectivity index (χ4n) is 5.66. The standard InChI is InChI=1S/C25H42N8/c1-20(2)31-17-9-21(10-18-31)27-23-22-24(29-25(28-23)32-14-4-3-5-15-32)33(19-26-22)16-8-13-30-11-6-7-12-30/h19-21H,3-18H2,1-2H3,(H,27,28,29). The summed E-state index contributed by atoms with van der Waals surface area (Å²) in [5.74, 6) is 1.81. The van der Waals surface area contributed by atoms with Gasteiger partial charge >= 0.3 is 0 Å². The van der Waals surface area contributed by atoms with Crippen molar-refractivity contribution in [2.24, 2.45) is 0 Å². The third-order valence-corrected chi connectivity index (χ3v) is 7.76. The number of likely N-dealkylation sites (tertiary alicyclic amines) is 2. The Kier molecular flexibility index (Phi) is 7.30. The molecule has 3 aliphatic rings. The molecule has 0 bridgehead atoms. The van der Waals surface area contributed by atoms with Crippen LogP contribution in [0.1, 0.15) is 65.2 Å². The van der Waals surface area contributed by atoms with Crippen molar-refractivity contribution in [2.45, 2.75) is 83.8 Å². The maximum Gasteiger partial charge on any atom is 0.229 e. The zero-order valence-electron chi connectivity index (χ0n) is 20.7. The number of hydrogen-bond acceptors (Lipinski definition) is 7. The van der Waals surface area contributed by atoms with E-state index in [0.717, 1.165) is 74.9 Å². The molecule has 2 aromatic heterocycles. The Hall–Kier alpha value is -1.93. The van der Waals surface area contributed by atoms with Gasteiger partial charge in [0, 0.05) is 44.8 Å². The number of nitrogens with one attached hydrogen (secondary N) is 1. The van der Waals surface area contributed by atoms with Crippen molar-refractivity contribution in [3.63, 3.8) is 0 Å². The topological polar surface area (TPSA) is 65.3 Å². The number of piperidine rings is 2. The van der Waals surface area contributed by atoms with Crippen LogP contribution in [-0.2, 0) is 6.54 Å². The molecule has 3 fully saturated rings. The molecule has 2 aromatic rings.